The molecule has 0 nitrogen and oxygen atoms in total. The molecule has 2 rings (SSSR count). The van der Waals surface area contributed by atoms with Crippen molar-refractivity contribution in [3.8, 4) is 0 Å². The van der Waals surface area contributed by atoms with Gasteiger partial charge in [0, 0.05) is 0 Å². The average molecular weight is 508 g/mol. The van der Waals surface area contributed by atoms with E-state index in [0.29, 0.717) is 0 Å². The Morgan fingerprint density at radius 1 is 0.733 bits per heavy atom. The summed E-state index contributed by atoms with van der Waals surface area (Å²) < 4.78 is 3.77. The molecule has 0 saturated heterocycles. The summed E-state index contributed by atoms with van der Waals surface area (Å²) in [7, 11) is 2.44. The largest absolute Gasteiger partial charge is 0.147 e. The molecule has 0 aromatic carbocycles. The van der Waals surface area contributed by atoms with Crippen LogP contribution in [0.3, 0.4) is 0 Å². The Morgan fingerprint density at radius 2 is 1.03 bits per heavy atom. The van der Waals surface area contributed by atoms with Crippen LogP contribution in [0, 0.1) is 10.8 Å². The van der Waals surface area contributed by atoms with Crippen molar-refractivity contribution in [3.63, 3.8) is 0 Å². The summed E-state index contributed by atoms with van der Waals surface area (Å²) in [6.07, 6.45) is 12.7. The Hall–Kier alpha value is 0.471. The molecule has 2 aliphatic rings. The Balaban J connectivity index is 0.00000420. The van der Waals surface area contributed by atoms with Crippen LogP contribution in [-0.4, -0.2) is 7.63 Å². The third kappa shape index (κ3) is 6.28. The molecule has 30 heavy (non-hydrogen) atoms. The summed E-state index contributed by atoms with van der Waals surface area (Å²) >= 11 is -2.94. The molecule has 0 aliphatic heterocycles. The van der Waals surface area contributed by atoms with Crippen LogP contribution in [-0.2, 0) is 14.0 Å². The zero-order valence-corrected chi connectivity index (χ0v) is 26.0. The summed E-state index contributed by atoms with van der Waals surface area (Å²) in [6, 6.07) is 0. The third-order valence-electron chi connectivity index (χ3n) is 7.11. The van der Waals surface area contributed by atoms with Gasteiger partial charge in [0.2, 0.25) is 0 Å². The standard InChI is InChI=1S/2C12H19.2CH3.2ClH.H2Si.Ti/c2*1-5-6-10-7-8-11(9-10)12(2,3)4;;;;;;/h2*9H,5-6,8H2,1-4H3;2*1H3;2*1H;1H2;. The van der Waals surface area contributed by atoms with E-state index < -0.39 is 14.0 Å². The van der Waals surface area contributed by atoms with Gasteiger partial charge in [-0.25, -0.2) is 0 Å². The normalized spacial score (nSPS) is 18.2. The smallest absolute Gasteiger partial charge is 0.147 e. The maximum absolute atomic E-state index is 2.94. The molecule has 0 atom stereocenters. The predicted octanol–water partition coefficient (Wildman–Crippen LogP) is 9.02. The first-order valence-corrected chi connectivity index (χ1v) is 20.2. The maximum atomic E-state index is 2.73. The van der Waals surface area contributed by atoms with Crippen molar-refractivity contribution in [2.75, 3.05) is 0 Å². The van der Waals surface area contributed by atoms with Gasteiger partial charge in [0.05, 0.1) is 0 Å². The summed E-state index contributed by atoms with van der Waals surface area (Å²) in [5, 5.41) is 5.45. The second-order valence-corrected chi connectivity index (χ2v) is 31.4. The van der Waals surface area contributed by atoms with Crippen molar-refractivity contribution in [1.82, 2.24) is 0 Å². The Kier molecular flexibility index (Phi) is 10.3. The molecule has 2 aliphatic carbocycles. The van der Waals surface area contributed by atoms with E-state index >= 15 is 0 Å². The quantitative estimate of drug-likeness (QED) is 0.315. The van der Waals surface area contributed by atoms with Gasteiger partial charge in [-0.15, -0.1) is 24.8 Å². The minimum Gasteiger partial charge on any atom is -0.147 e. The van der Waals surface area contributed by atoms with Gasteiger partial charge < -0.3 is 0 Å². The van der Waals surface area contributed by atoms with Crippen molar-refractivity contribution >= 4 is 32.4 Å². The molecule has 0 unspecified atom stereocenters. The van der Waals surface area contributed by atoms with Crippen molar-refractivity contribution in [3.05, 3.63) is 42.2 Å². The van der Waals surface area contributed by atoms with Crippen LogP contribution in [0.25, 0.3) is 0 Å². The Morgan fingerprint density at radius 3 is 1.27 bits per heavy atom. The van der Waals surface area contributed by atoms with E-state index in [9.17, 15) is 0 Å². The monoisotopic (exact) mass is 506 g/mol. The van der Waals surface area contributed by atoms with Gasteiger partial charge in [-0.2, -0.15) is 0 Å². The first-order chi connectivity index (χ1) is 12.6. The van der Waals surface area contributed by atoms with Gasteiger partial charge in [0.15, 0.2) is 0 Å². The molecule has 0 fully saturated rings. The van der Waals surface area contributed by atoms with E-state index in [1.165, 1.54) is 38.5 Å². The van der Waals surface area contributed by atoms with Crippen LogP contribution >= 0.6 is 24.8 Å². The molecule has 174 valence electrons. The topological polar surface area (TPSA) is 0 Å². The van der Waals surface area contributed by atoms with Crippen molar-refractivity contribution in [1.29, 1.82) is 0 Å². The van der Waals surface area contributed by atoms with Crippen LogP contribution in [0.2, 0.25) is 10.5 Å². The molecule has 0 spiro atoms. The molecule has 0 bridgehead atoms. The zero-order valence-electron chi connectivity index (χ0n) is 21.4. The third-order valence-corrected chi connectivity index (χ3v) is 18.2. The van der Waals surface area contributed by atoms with E-state index in [-0.39, 0.29) is 35.6 Å². The number of halogens is 2. The van der Waals surface area contributed by atoms with Crippen molar-refractivity contribution in [2.45, 2.75) is 104 Å². The first-order valence-electron chi connectivity index (χ1n) is 11.5. The molecular weight excluding hydrogens is 459 g/mol. The molecule has 0 amide bonds. The van der Waals surface area contributed by atoms with Crippen LogP contribution in [0.1, 0.15) is 93.9 Å². The summed E-state index contributed by atoms with van der Waals surface area (Å²) in [6.45, 7) is 19.1. The second kappa shape index (κ2) is 10.2. The van der Waals surface area contributed by atoms with Gasteiger partial charge in [-0.1, -0.05) is 0 Å². The maximum Gasteiger partial charge on any atom is -0.147 e. The zero-order chi connectivity index (χ0) is 21.6. The van der Waals surface area contributed by atoms with E-state index in [1.54, 1.807) is 22.3 Å². The molecule has 0 radical (unpaired) electrons. The summed E-state index contributed by atoms with van der Waals surface area (Å²) in [4.78, 5) is 0. The number of hydrogen-bond donors (Lipinski definition) is 0. The van der Waals surface area contributed by atoms with Crippen LogP contribution in [0.4, 0.5) is 0 Å². The Labute approximate surface area is 202 Å². The van der Waals surface area contributed by atoms with Gasteiger partial charge in [0.25, 0.3) is 0 Å². The van der Waals surface area contributed by atoms with Gasteiger partial charge in [-0.3, -0.25) is 0 Å². The number of hydrogen-bond acceptors (Lipinski definition) is 0. The first kappa shape index (κ1) is 30.5. The molecule has 0 aromatic heterocycles. The fraction of sp³-hybridized carbons (Fsp3) is 0.692. The molecule has 0 heterocycles. The predicted molar refractivity (Wildman–Crippen MR) is 143 cm³/mol. The van der Waals surface area contributed by atoms with Crippen LogP contribution < -0.4 is 0 Å². The minimum absolute atomic E-state index is 0. The molecule has 0 N–H and O–H groups in total. The molecule has 0 saturated carbocycles. The molecular formula is C26H48Cl2SiTi. The summed E-state index contributed by atoms with van der Waals surface area (Å²) in [5.74, 6) is 0. The average Bonchev–Trinajstić information content (AvgIpc) is 3.12. The van der Waals surface area contributed by atoms with Gasteiger partial charge >= 0.3 is 179 Å². The van der Waals surface area contributed by atoms with Gasteiger partial charge in [-0.05, 0) is 0 Å². The fourth-order valence-corrected chi connectivity index (χ4v) is 14.7. The van der Waals surface area contributed by atoms with E-state index in [1.807, 2.05) is 7.76 Å². The Bertz CT molecular complexity index is 769. The SMILES string of the molecule is CCCC1=[C]([Ti]([CH3])([CH3])(=[SiH2])[C]2=C(CCC)C=C(C(C)(C)C)C2)CC(C(C)(C)C)=C1.Cl.Cl. The molecule has 0 aromatic rings. The number of rotatable bonds is 6. The number of allylic oxidation sites excluding steroid dienone is 8. The van der Waals surface area contributed by atoms with Crippen LogP contribution in [0.5, 0.6) is 0 Å². The van der Waals surface area contributed by atoms with Crippen LogP contribution in [0.15, 0.2) is 42.2 Å². The summed E-state index contributed by atoms with van der Waals surface area (Å²) in [5.41, 5.74) is 7.30. The second-order valence-electron chi connectivity index (χ2n) is 12.4. The molecule has 4 heteroatoms. The van der Waals surface area contributed by atoms with Crippen molar-refractivity contribution in [2.24, 2.45) is 10.8 Å². The van der Waals surface area contributed by atoms with E-state index in [0.717, 1.165) is 0 Å². The van der Waals surface area contributed by atoms with Crippen molar-refractivity contribution < 1.29 is 14.0 Å². The van der Waals surface area contributed by atoms with E-state index in [4.69, 9.17) is 0 Å². The minimum atomic E-state index is -2.94. The van der Waals surface area contributed by atoms with E-state index in [2.05, 4.69) is 85.6 Å². The fourth-order valence-electron chi connectivity index (χ4n) is 5.03. The van der Waals surface area contributed by atoms with Gasteiger partial charge in [0.1, 0.15) is 0 Å².